The molecule has 0 amide bonds. The summed E-state index contributed by atoms with van der Waals surface area (Å²) in [4.78, 5) is 0. The monoisotopic (exact) mass is 165 g/mol. The summed E-state index contributed by atoms with van der Waals surface area (Å²) < 4.78 is 13.0. The lowest BCUT2D eigenvalue weighted by molar-refractivity contribution is 0.612. The number of rotatable bonds is 3. The molecule has 2 heteroatoms. The van der Waals surface area contributed by atoms with Crippen molar-refractivity contribution in [2.45, 2.75) is 13.3 Å². The zero-order valence-electron chi connectivity index (χ0n) is 7.10. The summed E-state index contributed by atoms with van der Waals surface area (Å²) in [6.45, 7) is 5.46. The van der Waals surface area contributed by atoms with Crippen molar-refractivity contribution in [3.05, 3.63) is 42.4 Å². The third-order valence-corrected chi connectivity index (χ3v) is 1.70. The molecular weight excluding hydrogens is 153 g/mol. The van der Waals surface area contributed by atoms with Crippen molar-refractivity contribution in [3.8, 4) is 0 Å². The van der Waals surface area contributed by atoms with Crippen LogP contribution in [0, 0.1) is 5.82 Å². The van der Waals surface area contributed by atoms with Crippen molar-refractivity contribution in [2.75, 3.05) is 5.32 Å². The number of halogens is 1. The molecule has 0 aliphatic rings. The largest absolute Gasteiger partial charge is 0.362 e. The van der Waals surface area contributed by atoms with E-state index in [0.29, 0.717) is 6.42 Å². The van der Waals surface area contributed by atoms with Crippen LogP contribution in [0.4, 0.5) is 10.1 Å². The van der Waals surface area contributed by atoms with Gasteiger partial charge in [0.25, 0.3) is 0 Å². The molecule has 1 nitrogen and oxygen atoms in total. The third-order valence-electron chi connectivity index (χ3n) is 1.70. The van der Waals surface area contributed by atoms with Crippen molar-refractivity contribution < 1.29 is 4.39 Å². The second-order valence-corrected chi connectivity index (χ2v) is 2.51. The Morgan fingerprint density at radius 3 is 2.92 bits per heavy atom. The minimum atomic E-state index is -0.146. The van der Waals surface area contributed by atoms with Gasteiger partial charge in [0, 0.05) is 5.69 Å². The molecule has 12 heavy (non-hydrogen) atoms. The second kappa shape index (κ2) is 3.90. The average molecular weight is 165 g/mol. The van der Waals surface area contributed by atoms with Gasteiger partial charge in [-0.1, -0.05) is 13.5 Å². The van der Waals surface area contributed by atoms with Gasteiger partial charge in [0.1, 0.15) is 5.82 Å². The molecule has 0 aliphatic heterocycles. The molecule has 1 rings (SSSR count). The van der Waals surface area contributed by atoms with Crippen LogP contribution in [0.15, 0.2) is 31.0 Å². The molecule has 0 aliphatic carbocycles. The predicted molar refractivity (Wildman–Crippen MR) is 49.6 cm³/mol. The van der Waals surface area contributed by atoms with Crippen LogP contribution in [-0.2, 0) is 6.42 Å². The van der Waals surface area contributed by atoms with E-state index in [1.807, 2.05) is 6.92 Å². The highest BCUT2D eigenvalue weighted by Crippen LogP contribution is 2.14. The number of anilines is 1. The quantitative estimate of drug-likeness (QED) is 0.726. The summed E-state index contributed by atoms with van der Waals surface area (Å²) in [5.74, 6) is -0.146. The topological polar surface area (TPSA) is 12.0 Å². The molecule has 0 radical (unpaired) electrons. The van der Waals surface area contributed by atoms with Crippen LogP contribution >= 0.6 is 0 Å². The first-order chi connectivity index (χ1) is 5.77. The predicted octanol–water partition coefficient (Wildman–Crippen LogP) is 2.94. The van der Waals surface area contributed by atoms with Crippen molar-refractivity contribution in [2.24, 2.45) is 0 Å². The summed E-state index contributed by atoms with van der Waals surface area (Å²) in [5, 5.41) is 2.91. The Morgan fingerprint density at radius 2 is 2.33 bits per heavy atom. The van der Waals surface area contributed by atoms with E-state index in [-0.39, 0.29) is 5.82 Å². The van der Waals surface area contributed by atoms with Gasteiger partial charge < -0.3 is 5.32 Å². The zero-order chi connectivity index (χ0) is 8.97. The molecule has 0 heterocycles. The molecular formula is C10H12FN. The lowest BCUT2D eigenvalue weighted by Crippen LogP contribution is -1.91. The standard InChI is InChI=1S/C10H12FN/c1-3-8-7-9(12-4-2)5-6-10(8)11/h4-7,12H,2-3H2,1H3. The van der Waals surface area contributed by atoms with E-state index >= 15 is 0 Å². The van der Waals surface area contributed by atoms with Crippen molar-refractivity contribution >= 4 is 5.69 Å². The highest BCUT2D eigenvalue weighted by atomic mass is 19.1. The Kier molecular flexibility index (Phi) is 2.86. The second-order valence-electron chi connectivity index (χ2n) is 2.51. The van der Waals surface area contributed by atoms with Gasteiger partial charge in [-0.25, -0.2) is 4.39 Å². The molecule has 0 atom stereocenters. The van der Waals surface area contributed by atoms with Gasteiger partial charge in [-0.2, -0.15) is 0 Å². The van der Waals surface area contributed by atoms with E-state index < -0.39 is 0 Å². The molecule has 64 valence electrons. The van der Waals surface area contributed by atoms with Crippen LogP contribution in [0.3, 0.4) is 0 Å². The van der Waals surface area contributed by atoms with Gasteiger partial charge in [-0.3, -0.25) is 0 Å². The summed E-state index contributed by atoms with van der Waals surface area (Å²) in [6, 6.07) is 4.94. The first-order valence-electron chi connectivity index (χ1n) is 3.93. The lowest BCUT2D eigenvalue weighted by atomic mass is 10.1. The minimum Gasteiger partial charge on any atom is -0.362 e. The fourth-order valence-corrected chi connectivity index (χ4v) is 1.05. The van der Waals surface area contributed by atoms with Crippen molar-refractivity contribution in [1.82, 2.24) is 0 Å². The molecule has 1 aromatic rings. The maximum absolute atomic E-state index is 13.0. The fraction of sp³-hybridized carbons (Fsp3) is 0.200. The van der Waals surface area contributed by atoms with Gasteiger partial charge in [-0.15, -0.1) is 0 Å². The minimum absolute atomic E-state index is 0.146. The van der Waals surface area contributed by atoms with Crippen molar-refractivity contribution in [1.29, 1.82) is 0 Å². The highest BCUT2D eigenvalue weighted by Gasteiger charge is 1.99. The number of hydrogen-bond acceptors (Lipinski definition) is 1. The van der Waals surface area contributed by atoms with Gasteiger partial charge in [0.2, 0.25) is 0 Å². The van der Waals surface area contributed by atoms with Gasteiger partial charge in [-0.05, 0) is 36.4 Å². The Morgan fingerprint density at radius 1 is 1.58 bits per heavy atom. The molecule has 0 fully saturated rings. The van der Waals surface area contributed by atoms with E-state index in [4.69, 9.17) is 0 Å². The van der Waals surface area contributed by atoms with Gasteiger partial charge >= 0.3 is 0 Å². The maximum atomic E-state index is 13.0. The SMILES string of the molecule is C=CNc1ccc(F)c(CC)c1. The van der Waals surface area contributed by atoms with Crippen LogP contribution in [0.5, 0.6) is 0 Å². The normalized spacial score (nSPS) is 9.50. The van der Waals surface area contributed by atoms with Gasteiger partial charge in [0.15, 0.2) is 0 Å². The molecule has 0 bridgehead atoms. The van der Waals surface area contributed by atoms with Crippen LogP contribution in [-0.4, -0.2) is 0 Å². The first-order valence-corrected chi connectivity index (χ1v) is 3.93. The Bertz CT molecular complexity index is 281. The Hall–Kier alpha value is -1.31. The fourth-order valence-electron chi connectivity index (χ4n) is 1.05. The van der Waals surface area contributed by atoms with Crippen molar-refractivity contribution in [3.63, 3.8) is 0 Å². The summed E-state index contributed by atoms with van der Waals surface area (Å²) in [6.07, 6.45) is 2.28. The average Bonchev–Trinajstić information content (AvgIpc) is 2.09. The molecule has 0 unspecified atom stereocenters. The first kappa shape index (κ1) is 8.78. The van der Waals surface area contributed by atoms with Crippen LogP contribution < -0.4 is 5.32 Å². The van der Waals surface area contributed by atoms with E-state index in [0.717, 1.165) is 11.3 Å². The number of benzene rings is 1. The Balaban J connectivity index is 2.96. The summed E-state index contributed by atoms with van der Waals surface area (Å²) in [7, 11) is 0. The van der Waals surface area contributed by atoms with Crippen LogP contribution in [0.25, 0.3) is 0 Å². The molecule has 0 spiro atoms. The van der Waals surface area contributed by atoms with E-state index in [9.17, 15) is 4.39 Å². The molecule has 1 aromatic carbocycles. The highest BCUT2D eigenvalue weighted by molar-refractivity contribution is 5.47. The molecule has 0 saturated carbocycles. The lowest BCUT2D eigenvalue weighted by Gasteiger charge is -2.03. The maximum Gasteiger partial charge on any atom is 0.126 e. The number of nitrogens with one attached hydrogen (secondary N) is 1. The molecule has 0 saturated heterocycles. The van der Waals surface area contributed by atoms with E-state index in [1.165, 1.54) is 6.07 Å². The number of aryl methyl sites for hydroxylation is 1. The number of hydrogen-bond donors (Lipinski definition) is 1. The smallest absolute Gasteiger partial charge is 0.126 e. The third kappa shape index (κ3) is 1.84. The zero-order valence-corrected chi connectivity index (χ0v) is 7.10. The summed E-state index contributed by atoms with van der Waals surface area (Å²) in [5.41, 5.74) is 1.60. The van der Waals surface area contributed by atoms with Crippen LogP contribution in [0.2, 0.25) is 0 Å². The summed E-state index contributed by atoms with van der Waals surface area (Å²) >= 11 is 0. The van der Waals surface area contributed by atoms with Gasteiger partial charge in [0.05, 0.1) is 0 Å². The van der Waals surface area contributed by atoms with Crippen LogP contribution in [0.1, 0.15) is 12.5 Å². The molecule has 1 N–H and O–H groups in total. The molecule has 0 aromatic heterocycles. The van der Waals surface area contributed by atoms with E-state index in [1.54, 1.807) is 18.3 Å². The van der Waals surface area contributed by atoms with E-state index in [2.05, 4.69) is 11.9 Å². The Labute approximate surface area is 71.9 Å².